The number of aryl methyl sites for hydroxylation is 1. The molecule has 5 nitrogen and oxygen atoms in total. The first kappa shape index (κ1) is 9.89. The predicted molar refractivity (Wildman–Crippen MR) is 53.0 cm³/mol. The summed E-state index contributed by atoms with van der Waals surface area (Å²) in [6.45, 7) is 2.07. The molecule has 1 aromatic heterocycles. The number of aromatic carboxylic acids is 1. The molecule has 1 unspecified atom stereocenters. The second kappa shape index (κ2) is 3.49. The Morgan fingerprint density at radius 2 is 2.33 bits per heavy atom. The maximum absolute atomic E-state index is 11.1. The summed E-state index contributed by atoms with van der Waals surface area (Å²) in [5, 5.41) is 8.94. The SMILES string of the molecule is CC1CCc2[nH]c(=O)nc(C(=O)O)c2C1. The smallest absolute Gasteiger partial charge is 0.355 e. The summed E-state index contributed by atoms with van der Waals surface area (Å²) < 4.78 is 0. The summed E-state index contributed by atoms with van der Waals surface area (Å²) in [4.78, 5) is 28.2. The van der Waals surface area contributed by atoms with Crippen LogP contribution in [-0.2, 0) is 12.8 Å². The molecule has 1 aliphatic carbocycles. The number of hydrogen-bond acceptors (Lipinski definition) is 3. The van der Waals surface area contributed by atoms with Crippen molar-refractivity contribution in [3.8, 4) is 0 Å². The van der Waals surface area contributed by atoms with Crippen LogP contribution in [0.5, 0.6) is 0 Å². The Balaban J connectivity index is 2.60. The quantitative estimate of drug-likeness (QED) is 0.707. The first-order valence-electron chi connectivity index (χ1n) is 4.93. The molecule has 0 spiro atoms. The summed E-state index contributed by atoms with van der Waals surface area (Å²) in [6.07, 6.45) is 2.39. The number of hydrogen-bond donors (Lipinski definition) is 2. The summed E-state index contributed by atoms with van der Waals surface area (Å²) in [6, 6.07) is 0. The molecule has 1 aromatic rings. The summed E-state index contributed by atoms with van der Waals surface area (Å²) in [5.74, 6) is -0.672. The molecule has 0 aliphatic heterocycles. The highest BCUT2D eigenvalue weighted by atomic mass is 16.4. The van der Waals surface area contributed by atoms with E-state index >= 15 is 0 Å². The number of aromatic nitrogens is 2. The Bertz CT molecular complexity index is 464. The van der Waals surface area contributed by atoms with E-state index in [-0.39, 0.29) is 5.69 Å². The van der Waals surface area contributed by atoms with E-state index in [1.165, 1.54) is 0 Å². The lowest BCUT2D eigenvalue weighted by atomic mass is 9.87. The van der Waals surface area contributed by atoms with Crippen LogP contribution in [0.4, 0.5) is 0 Å². The molecule has 0 saturated carbocycles. The Morgan fingerprint density at radius 1 is 1.60 bits per heavy atom. The van der Waals surface area contributed by atoms with Crippen LogP contribution in [0.25, 0.3) is 0 Å². The van der Waals surface area contributed by atoms with Crippen molar-refractivity contribution in [3.05, 3.63) is 27.4 Å². The summed E-state index contributed by atoms with van der Waals surface area (Å²) in [5.41, 5.74) is 0.785. The minimum atomic E-state index is -1.12. The normalized spacial score (nSPS) is 19.7. The van der Waals surface area contributed by atoms with Crippen molar-refractivity contribution in [2.75, 3.05) is 0 Å². The number of nitrogens with zero attached hydrogens (tertiary/aromatic N) is 1. The van der Waals surface area contributed by atoms with Crippen LogP contribution in [0.3, 0.4) is 0 Å². The van der Waals surface area contributed by atoms with E-state index in [9.17, 15) is 9.59 Å². The first-order valence-corrected chi connectivity index (χ1v) is 4.93. The van der Waals surface area contributed by atoms with E-state index in [0.29, 0.717) is 17.9 Å². The highest BCUT2D eigenvalue weighted by Crippen LogP contribution is 2.24. The van der Waals surface area contributed by atoms with E-state index < -0.39 is 11.7 Å². The number of aromatic amines is 1. The third-order valence-electron chi connectivity index (χ3n) is 2.76. The third-order valence-corrected chi connectivity index (χ3v) is 2.76. The third kappa shape index (κ3) is 1.77. The van der Waals surface area contributed by atoms with Gasteiger partial charge in [-0.15, -0.1) is 0 Å². The van der Waals surface area contributed by atoms with E-state index in [4.69, 9.17) is 5.11 Å². The first-order chi connectivity index (χ1) is 7.08. The number of carboxylic acid groups (broad SMARTS) is 1. The molecule has 80 valence electrons. The average molecular weight is 208 g/mol. The molecule has 0 bridgehead atoms. The second-order valence-electron chi connectivity index (χ2n) is 4.00. The Kier molecular flexibility index (Phi) is 2.30. The zero-order chi connectivity index (χ0) is 11.0. The average Bonchev–Trinajstić information content (AvgIpc) is 2.17. The van der Waals surface area contributed by atoms with Gasteiger partial charge in [-0.3, -0.25) is 0 Å². The Labute approximate surface area is 86.2 Å². The van der Waals surface area contributed by atoms with Crippen molar-refractivity contribution >= 4 is 5.97 Å². The maximum Gasteiger partial charge on any atom is 0.355 e. The van der Waals surface area contributed by atoms with E-state index in [0.717, 1.165) is 18.5 Å². The number of H-pyrrole nitrogens is 1. The van der Waals surface area contributed by atoms with Crippen molar-refractivity contribution < 1.29 is 9.90 Å². The van der Waals surface area contributed by atoms with Gasteiger partial charge in [0.1, 0.15) is 0 Å². The Morgan fingerprint density at radius 3 is 3.00 bits per heavy atom. The largest absolute Gasteiger partial charge is 0.476 e. The number of carboxylic acids is 1. The number of carbonyl (C=O) groups is 1. The molecule has 0 radical (unpaired) electrons. The van der Waals surface area contributed by atoms with Gasteiger partial charge in [0, 0.05) is 11.3 Å². The van der Waals surface area contributed by atoms with Crippen molar-refractivity contribution in [3.63, 3.8) is 0 Å². The van der Waals surface area contributed by atoms with Crippen molar-refractivity contribution in [2.24, 2.45) is 5.92 Å². The van der Waals surface area contributed by atoms with Gasteiger partial charge in [-0.2, -0.15) is 4.98 Å². The summed E-state index contributed by atoms with van der Waals surface area (Å²) >= 11 is 0. The Hall–Kier alpha value is -1.65. The molecule has 0 saturated heterocycles. The molecule has 1 aliphatic rings. The fourth-order valence-electron chi connectivity index (χ4n) is 2.00. The second-order valence-corrected chi connectivity index (χ2v) is 4.00. The van der Waals surface area contributed by atoms with Gasteiger partial charge in [-0.05, 0) is 25.2 Å². The van der Waals surface area contributed by atoms with Crippen LogP contribution in [0.1, 0.15) is 35.1 Å². The van der Waals surface area contributed by atoms with Crippen molar-refractivity contribution in [1.82, 2.24) is 9.97 Å². The molecule has 0 aromatic carbocycles. The van der Waals surface area contributed by atoms with Gasteiger partial charge in [0.05, 0.1) is 0 Å². The molecule has 15 heavy (non-hydrogen) atoms. The van der Waals surface area contributed by atoms with Gasteiger partial charge < -0.3 is 10.1 Å². The van der Waals surface area contributed by atoms with E-state index in [1.54, 1.807) is 0 Å². The molecule has 1 atom stereocenters. The van der Waals surface area contributed by atoms with Gasteiger partial charge in [-0.25, -0.2) is 9.59 Å². The van der Waals surface area contributed by atoms with Crippen LogP contribution in [0.2, 0.25) is 0 Å². The molecule has 0 amide bonds. The maximum atomic E-state index is 11.1. The molecule has 0 fully saturated rings. The minimum absolute atomic E-state index is 0.0831. The van der Waals surface area contributed by atoms with Crippen LogP contribution < -0.4 is 5.69 Å². The van der Waals surface area contributed by atoms with Gasteiger partial charge in [-0.1, -0.05) is 6.92 Å². The lowest BCUT2D eigenvalue weighted by Crippen LogP contribution is -2.26. The summed E-state index contributed by atoms with van der Waals surface area (Å²) in [7, 11) is 0. The van der Waals surface area contributed by atoms with Crippen molar-refractivity contribution in [1.29, 1.82) is 0 Å². The molecule has 5 heteroatoms. The van der Waals surface area contributed by atoms with Crippen LogP contribution in [-0.4, -0.2) is 21.0 Å². The molecular weight excluding hydrogens is 196 g/mol. The van der Waals surface area contributed by atoms with E-state index in [1.807, 2.05) is 0 Å². The molecular formula is C10H12N2O3. The number of fused-ring (bicyclic) bond motifs is 1. The molecule has 2 rings (SSSR count). The molecule has 2 N–H and O–H groups in total. The standard InChI is InChI=1S/C10H12N2O3/c1-5-2-3-7-6(4-5)8(9(13)14)12-10(15)11-7/h5H,2-4H2,1H3,(H,13,14)(H,11,12,15). The zero-order valence-corrected chi connectivity index (χ0v) is 8.41. The topological polar surface area (TPSA) is 83.0 Å². The fourth-order valence-corrected chi connectivity index (χ4v) is 2.00. The number of nitrogens with one attached hydrogen (secondary N) is 1. The minimum Gasteiger partial charge on any atom is -0.476 e. The van der Waals surface area contributed by atoms with Gasteiger partial charge in [0.2, 0.25) is 0 Å². The predicted octanol–water partition coefficient (Wildman–Crippen LogP) is 0.593. The lowest BCUT2D eigenvalue weighted by Gasteiger charge is -2.21. The van der Waals surface area contributed by atoms with Gasteiger partial charge >= 0.3 is 11.7 Å². The van der Waals surface area contributed by atoms with Gasteiger partial charge in [0.25, 0.3) is 0 Å². The van der Waals surface area contributed by atoms with E-state index in [2.05, 4.69) is 16.9 Å². The highest BCUT2D eigenvalue weighted by Gasteiger charge is 2.23. The zero-order valence-electron chi connectivity index (χ0n) is 8.41. The number of rotatable bonds is 1. The van der Waals surface area contributed by atoms with Crippen LogP contribution >= 0.6 is 0 Å². The van der Waals surface area contributed by atoms with Crippen molar-refractivity contribution in [2.45, 2.75) is 26.2 Å². The van der Waals surface area contributed by atoms with Crippen LogP contribution in [0.15, 0.2) is 4.79 Å². The highest BCUT2D eigenvalue weighted by molar-refractivity contribution is 5.87. The monoisotopic (exact) mass is 208 g/mol. The fraction of sp³-hybridized carbons (Fsp3) is 0.500. The molecule has 1 heterocycles. The van der Waals surface area contributed by atoms with Gasteiger partial charge in [0.15, 0.2) is 5.69 Å². The lowest BCUT2D eigenvalue weighted by molar-refractivity contribution is 0.0687. The van der Waals surface area contributed by atoms with Crippen LogP contribution in [0, 0.1) is 5.92 Å².